The quantitative estimate of drug-likeness (QED) is 0.551. The monoisotopic (exact) mass is 459 g/mol. The van der Waals surface area contributed by atoms with E-state index in [2.05, 4.69) is 33.9 Å². The number of aliphatic hydroxyl groups excluding tert-OH is 1. The van der Waals surface area contributed by atoms with Gasteiger partial charge in [0.15, 0.2) is 5.75 Å². The zero-order valence-corrected chi connectivity index (χ0v) is 19.2. The fourth-order valence-corrected chi connectivity index (χ4v) is 3.97. The SMILES string of the molecule is CC(O)C(Cc1ccc(C#Cc2ccc(CN3CCOCC3)cc2)cc1)n1cncc(O)c1=O. The van der Waals surface area contributed by atoms with Crippen LogP contribution in [0.1, 0.15) is 35.2 Å². The Balaban J connectivity index is 1.40. The van der Waals surface area contributed by atoms with Crippen LogP contribution in [0, 0.1) is 11.8 Å². The van der Waals surface area contributed by atoms with Crippen molar-refractivity contribution in [2.45, 2.75) is 32.0 Å². The van der Waals surface area contributed by atoms with E-state index in [9.17, 15) is 15.0 Å². The van der Waals surface area contributed by atoms with Crippen molar-refractivity contribution in [3.63, 3.8) is 0 Å². The van der Waals surface area contributed by atoms with Gasteiger partial charge in [-0.3, -0.25) is 14.3 Å². The van der Waals surface area contributed by atoms with Crippen molar-refractivity contribution >= 4 is 0 Å². The number of benzene rings is 2. The molecule has 0 aliphatic carbocycles. The lowest BCUT2D eigenvalue weighted by Crippen LogP contribution is -2.35. The molecule has 176 valence electrons. The van der Waals surface area contributed by atoms with Gasteiger partial charge in [-0.2, -0.15) is 0 Å². The third-order valence-electron chi connectivity index (χ3n) is 5.97. The van der Waals surface area contributed by atoms with Crippen LogP contribution in [0.3, 0.4) is 0 Å². The average molecular weight is 460 g/mol. The molecular weight excluding hydrogens is 430 g/mol. The summed E-state index contributed by atoms with van der Waals surface area (Å²) in [5, 5.41) is 19.9. The third kappa shape index (κ3) is 6.12. The maximum atomic E-state index is 12.2. The van der Waals surface area contributed by atoms with Crippen molar-refractivity contribution in [2.24, 2.45) is 0 Å². The van der Waals surface area contributed by atoms with Gasteiger partial charge in [-0.1, -0.05) is 36.1 Å². The molecule has 2 unspecified atom stereocenters. The minimum absolute atomic E-state index is 0.418. The van der Waals surface area contributed by atoms with Crippen molar-refractivity contribution in [2.75, 3.05) is 26.3 Å². The van der Waals surface area contributed by atoms with E-state index in [1.54, 1.807) is 6.92 Å². The molecule has 1 aromatic heterocycles. The highest BCUT2D eigenvalue weighted by molar-refractivity contribution is 5.44. The van der Waals surface area contributed by atoms with Crippen LogP contribution in [0.15, 0.2) is 65.8 Å². The predicted molar refractivity (Wildman–Crippen MR) is 130 cm³/mol. The maximum absolute atomic E-state index is 12.2. The molecule has 0 radical (unpaired) electrons. The van der Waals surface area contributed by atoms with Crippen LogP contribution in [-0.4, -0.2) is 57.1 Å². The van der Waals surface area contributed by atoms with E-state index in [1.807, 2.05) is 36.4 Å². The largest absolute Gasteiger partial charge is 0.502 e. The van der Waals surface area contributed by atoms with Crippen LogP contribution < -0.4 is 5.56 Å². The van der Waals surface area contributed by atoms with Gasteiger partial charge in [-0.05, 0) is 48.7 Å². The summed E-state index contributed by atoms with van der Waals surface area (Å²) >= 11 is 0. The molecule has 0 bridgehead atoms. The van der Waals surface area contributed by atoms with Crippen molar-refractivity contribution in [1.82, 2.24) is 14.5 Å². The molecular formula is C27H29N3O4. The van der Waals surface area contributed by atoms with Crippen LogP contribution >= 0.6 is 0 Å². The van der Waals surface area contributed by atoms with E-state index >= 15 is 0 Å². The lowest BCUT2D eigenvalue weighted by Gasteiger charge is -2.26. The van der Waals surface area contributed by atoms with Gasteiger partial charge in [-0.25, -0.2) is 4.98 Å². The number of aromatic nitrogens is 2. The summed E-state index contributed by atoms with van der Waals surface area (Å²) in [5.41, 5.74) is 3.48. The van der Waals surface area contributed by atoms with Gasteiger partial charge in [-0.15, -0.1) is 0 Å². The van der Waals surface area contributed by atoms with Crippen molar-refractivity contribution in [3.8, 4) is 17.6 Å². The number of aliphatic hydroxyl groups is 1. The minimum Gasteiger partial charge on any atom is -0.502 e. The molecule has 0 amide bonds. The Morgan fingerprint density at radius 3 is 2.18 bits per heavy atom. The molecule has 1 aliphatic rings. The van der Waals surface area contributed by atoms with Crippen LogP contribution in [0.2, 0.25) is 0 Å². The molecule has 2 atom stereocenters. The van der Waals surface area contributed by atoms with Crippen LogP contribution in [0.4, 0.5) is 0 Å². The lowest BCUT2D eigenvalue weighted by molar-refractivity contribution is 0.0342. The number of hydrogen-bond acceptors (Lipinski definition) is 6. The zero-order chi connectivity index (χ0) is 23.9. The first-order valence-corrected chi connectivity index (χ1v) is 11.4. The fourth-order valence-electron chi connectivity index (χ4n) is 3.97. The summed E-state index contributed by atoms with van der Waals surface area (Å²) in [6.45, 7) is 6.08. The molecule has 1 fully saturated rings. The van der Waals surface area contributed by atoms with E-state index in [-0.39, 0.29) is 0 Å². The van der Waals surface area contributed by atoms with Gasteiger partial charge in [0, 0.05) is 30.8 Å². The first kappa shape index (κ1) is 23.7. The Labute approximate surface area is 199 Å². The van der Waals surface area contributed by atoms with E-state index in [0.717, 1.165) is 55.7 Å². The smallest absolute Gasteiger partial charge is 0.295 e. The zero-order valence-electron chi connectivity index (χ0n) is 19.2. The second kappa shape index (κ2) is 11.1. The molecule has 2 N–H and O–H groups in total. The Bertz CT molecular complexity index is 1200. The summed E-state index contributed by atoms with van der Waals surface area (Å²) in [7, 11) is 0. The number of nitrogens with zero attached hydrogens (tertiary/aromatic N) is 3. The van der Waals surface area contributed by atoms with E-state index < -0.39 is 23.5 Å². The third-order valence-corrected chi connectivity index (χ3v) is 5.97. The molecule has 0 saturated carbocycles. The number of aromatic hydroxyl groups is 1. The second-order valence-corrected chi connectivity index (χ2v) is 8.54. The highest BCUT2D eigenvalue weighted by Gasteiger charge is 2.20. The summed E-state index contributed by atoms with van der Waals surface area (Å²) in [6, 6.07) is 15.5. The van der Waals surface area contributed by atoms with Gasteiger partial charge in [0.2, 0.25) is 0 Å². The molecule has 34 heavy (non-hydrogen) atoms. The predicted octanol–water partition coefficient (Wildman–Crippen LogP) is 2.35. The first-order chi connectivity index (χ1) is 16.5. The Hall–Kier alpha value is -3.44. The van der Waals surface area contributed by atoms with E-state index in [0.29, 0.717) is 6.42 Å². The number of hydrogen-bond donors (Lipinski definition) is 2. The molecule has 1 aliphatic heterocycles. The number of rotatable bonds is 6. The average Bonchev–Trinajstić information content (AvgIpc) is 2.85. The summed E-state index contributed by atoms with van der Waals surface area (Å²) in [4.78, 5) is 18.5. The van der Waals surface area contributed by atoms with Gasteiger partial charge in [0.25, 0.3) is 5.56 Å². The van der Waals surface area contributed by atoms with Gasteiger partial charge >= 0.3 is 0 Å². The fraction of sp³-hybridized carbons (Fsp3) is 0.333. The van der Waals surface area contributed by atoms with E-state index in [1.165, 1.54) is 16.5 Å². The summed E-state index contributed by atoms with van der Waals surface area (Å²) < 4.78 is 6.67. The lowest BCUT2D eigenvalue weighted by atomic mass is 10.0. The first-order valence-electron chi connectivity index (χ1n) is 11.4. The van der Waals surface area contributed by atoms with Gasteiger partial charge in [0.1, 0.15) is 0 Å². The van der Waals surface area contributed by atoms with Crippen LogP contribution in [0.25, 0.3) is 0 Å². The van der Waals surface area contributed by atoms with Gasteiger partial charge < -0.3 is 14.9 Å². The molecule has 1 saturated heterocycles. The van der Waals surface area contributed by atoms with E-state index in [4.69, 9.17) is 4.74 Å². The molecule has 7 nitrogen and oxygen atoms in total. The number of ether oxygens (including phenoxy) is 1. The molecule has 4 rings (SSSR count). The summed E-state index contributed by atoms with van der Waals surface area (Å²) in [6.07, 6.45) is 2.06. The molecule has 7 heteroatoms. The highest BCUT2D eigenvalue weighted by Crippen LogP contribution is 2.18. The standard InChI is InChI=1S/C27H29N3O4/c1-20(31)25(30-19-28-17-26(32)27(30)33)16-23-8-4-21(5-9-23)2-3-22-6-10-24(11-7-22)18-29-12-14-34-15-13-29/h4-11,17,19-20,25,31-32H,12-16,18H2,1H3. The maximum Gasteiger partial charge on any atom is 0.295 e. The topological polar surface area (TPSA) is 87.8 Å². The Morgan fingerprint density at radius 2 is 1.59 bits per heavy atom. The second-order valence-electron chi connectivity index (χ2n) is 8.54. The molecule has 2 aromatic carbocycles. The molecule has 2 heterocycles. The van der Waals surface area contributed by atoms with Crippen molar-refractivity contribution in [3.05, 3.63) is 93.7 Å². The normalized spacial score (nSPS) is 15.8. The van der Waals surface area contributed by atoms with Crippen molar-refractivity contribution < 1.29 is 14.9 Å². The highest BCUT2D eigenvalue weighted by atomic mass is 16.5. The summed E-state index contributed by atoms with van der Waals surface area (Å²) in [5.74, 6) is 5.96. The van der Waals surface area contributed by atoms with Gasteiger partial charge in [0.05, 0.1) is 37.9 Å². The van der Waals surface area contributed by atoms with Crippen LogP contribution in [-0.2, 0) is 17.7 Å². The molecule has 3 aromatic rings. The Morgan fingerprint density at radius 1 is 1.00 bits per heavy atom. The van der Waals surface area contributed by atoms with Crippen molar-refractivity contribution in [1.29, 1.82) is 0 Å². The Kier molecular flexibility index (Phi) is 7.76. The minimum atomic E-state index is -0.799. The molecule has 0 spiro atoms. The van der Waals surface area contributed by atoms with Crippen LogP contribution in [0.5, 0.6) is 5.75 Å². The number of morpholine rings is 1.